The van der Waals surface area contributed by atoms with Gasteiger partial charge in [-0.3, -0.25) is 4.79 Å². The molecule has 1 rings (SSSR count). The predicted octanol–water partition coefficient (Wildman–Crippen LogP) is 1.48. The molecule has 0 aromatic rings. The molecular formula is C9H15NO. The van der Waals surface area contributed by atoms with E-state index in [0.717, 1.165) is 12.8 Å². The molecule has 0 atom stereocenters. The van der Waals surface area contributed by atoms with Crippen molar-refractivity contribution in [3.05, 3.63) is 12.7 Å². The van der Waals surface area contributed by atoms with Gasteiger partial charge in [-0.25, -0.2) is 0 Å². The van der Waals surface area contributed by atoms with Crippen LogP contribution in [-0.2, 0) is 4.79 Å². The molecule has 0 aromatic heterocycles. The summed E-state index contributed by atoms with van der Waals surface area (Å²) in [5, 5.41) is 2.82. The molecule has 0 aromatic carbocycles. The Labute approximate surface area is 67.7 Å². The van der Waals surface area contributed by atoms with Crippen molar-refractivity contribution in [2.24, 2.45) is 5.92 Å². The quantitative estimate of drug-likeness (QED) is 0.611. The van der Waals surface area contributed by atoms with Crippen LogP contribution in [0.4, 0.5) is 0 Å². The van der Waals surface area contributed by atoms with Crippen molar-refractivity contribution >= 4 is 5.91 Å². The number of nitrogens with one attached hydrogen (secondary N) is 1. The van der Waals surface area contributed by atoms with Crippen molar-refractivity contribution < 1.29 is 4.79 Å². The Morgan fingerprint density at radius 3 is 2.73 bits per heavy atom. The molecule has 1 N–H and O–H groups in total. The first kappa shape index (κ1) is 8.31. The minimum Gasteiger partial charge on any atom is -0.352 e. The molecule has 0 bridgehead atoms. The summed E-state index contributed by atoms with van der Waals surface area (Å²) in [7, 11) is 0. The molecule has 0 heterocycles. The van der Waals surface area contributed by atoms with Crippen LogP contribution in [0.2, 0.25) is 0 Å². The highest BCUT2D eigenvalue weighted by molar-refractivity contribution is 5.78. The molecule has 11 heavy (non-hydrogen) atoms. The van der Waals surface area contributed by atoms with Crippen molar-refractivity contribution in [1.29, 1.82) is 0 Å². The second kappa shape index (κ2) is 4.16. The summed E-state index contributed by atoms with van der Waals surface area (Å²) in [4.78, 5) is 11.2. The molecule has 0 spiro atoms. The maximum absolute atomic E-state index is 11.2. The highest BCUT2D eigenvalue weighted by Gasteiger charge is 2.21. The lowest BCUT2D eigenvalue weighted by Crippen LogP contribution is -2.29. The van der Waals surface area contributed by atoms with Crippen molar-refractivity contribution in [1.82, 2.24) is 5.32 Å². The van der Waals surface area contributed by atoms with Crippen LogP contribution in [0.3, 0.4) is 0 Å². The fraction of sp³-hybridized carbons (Fsp3) is 0.667. The first-order valence-corrected chi connectivity index (χ1v) is 4.23. The van der Waals surface area contributed by atoms with Crippen molar-refractivity contribution in [2.75, 3.05) is 6.54 Å². The first-order chi connectivity index (χ1) is 5.34. The molecule has 0 radical (unpaired) electrons. The van der Waals surface area contributed by atoms with Crippen LogP contribution in [-0.4, -0.2) is 12.5 Å². The van der Waals surface area contributed by atoms with E-state index in [4.69, 9.17) is 0 Å². The number of amides is 1. The molecule has 0 unspecified atom stereocenters. The summed E-state index contributed by atoms with van der Waals surface area (Å²) in [5.41, 5.74) is 0. The Kier molecular flexibility index (Phi) is 3.14. The van der Waals surface area contributed by atoms with Crippen LogP contribution in [0.25, 0.3) is 0 Å². The van der Waals surface area contributed by atoms with Crippen LogP contribution < -0.4 is 5.32 Å². The van der Waals surface area contributed by atoms with Crippen molar-refractivity contribution in [3.63, 3.8) is 0 Å². The molecule has 1 aliphatic rings. The standard InChI is InChI=1S/C9H15NO/c1-2-7-10-9(11)8-5-3-4-6-8/h2,8H,1,3-7H2,(H,10,11). The number of hydrogen-bond acceptors (Lipinski definition) is 1. The van der Waals surface area contributed by atoms with E-state index >= 15 is 0 Å². The molecule has 0 aliphatic heterocycles. The molecular weight excluding hydrogens is 138 g/mol. The monoisotopic (exact) mass is 153 g/mol. The topological polar surface area (TPSA) is 29.1 Å². The van der Waals surface area contributed by atoms with E-state index in [1.807, 2.05) is 0 Å². The van der Waals surface area contributed by atoms with Gasteiger partial charge in [0.25, 0.3) is 0 Å². The SMILES string of the molecule is C=CCNC(=O)C1CCCC1. The average molecular weight is 153 g/mol. The lowest BCUT2D eigenvalue weighted by molar-refractivity contribution is -0.124. The molecule has 2 nitrogen and oxygen atoms in total. The van der Waals surface area contributed by atoms with E-state index in [1.165, 1.54) is 12.8 Å². The normalized spacial score (nSPS) is 18.2. The third kappa shape index (κ3) is 2.37. The summed E-state index contributed by atoms with van der Waals surface area (Å²) in [6.07, 6.45) is 6.29. The number of carbonyl (C=O) groups excluding carboxylic acids is 1. The molecule has 2 heteroatoms. The Hall–Kier alpha value is -0.790. The zero-order valence-corrected chi connectivity index (χ0v) is 6.81. The second-order valence-corrected chi connectivity index (χ2v) is 3.02. The van der Waals surface area contributed by atoms with E-state index in [9.17, 15) is 4.79 Å². The Balaban J connectivity index is 2.22. The molecule has 0 saturated heterocycles. The molecule has 1 fully saturated rings. The Bertz CT molecular complexity index is 148. The van der Waals surface area contributed by atoms with E-state index in [2.05, 4.69) is 11.9 Å². The number of carbonyl (C=O) groups is 1. The number of hydrogen-bond donors (Lipinski definition) is 1. The minimum absolute atomic E-state index is 0.211. The second-order valence-electron chi connectivity index (χ2n) is 3.02. The summed E-state index contributed by atoms with van der Waals surface area (Å²) >= 11 is 0. The van der Waals surface area contributed by atoms with E-state index in [1.54, 1.807) is 6.08 Å². The summed E-state index contributed by atoms with van der Waals surface area (Å²) < 4.78 is 0. The van der Waals surface area contributed by atoms with Gasteiger partial charge in [-0.2, -0.15) is 0 Å². The summed E-state index contributed by atoms with van der Waals surface area (Å²) in [6, 6.07) is 0. The molecule has 1 saturated carbocycles. The van der Waals surface area contributed by atoms with E-state index < -0.39 is 0 Å². The van der Waals surface area contributed by atoms with E-state index in [0.29, 0.717) is 6.54 Å². The van der Waals surface area contributed by atoms with Gasteiger partial charge < -0.3 is 5.32 Å². The average Bonchev–Trinajstić information content (AvgIpc) is 2.52. The lowest BCUT2D eigenvalue weighted by Gasteiger charge is -2.07. The van der Waals surface area contributed by atoms with Gasteiger partial charge in [0.1, 0.15) is 0 Å². The zero-order chi connectivity index (χ0) is 8.10. The fourth-order valence-electron chi connectivity index (χ4n) is 1.51. The summed E-state index contributed by atoms with van der Waals surface area (Å²) in [5.74, 6) is 0.498. The van der Waals surface area contributed by atoms with Crippen LogP contribution in [0.1, 0.15) is 25.7 Å². The third-order valence-electron chi connectivity index (χ3n) is 2.15. The van der Waals surface area contributed by atoms with Gasteiger partial charge >= 0.3 is 0 Å². The number of rotatable bonds is 3. The van der Waals surface area contributed by atoms with Crippen LogP contribution >= 0.6 is 0 Å². The predicted molar refractivity (Wildman–Crippen MR) is 45.2 cm³/mol. The molecule has 1 amide bonds. The van der Waals surface area contributed by atoms with Gasteiger partial charge in [-0.15, -0.1) is 6.58 Å². The van der Waals surface area contributed by atoms with Crippen LogP contribution in [0, 0.1) is 5.92 Å². The Morgan fingerprint density at radius 1 is 1.55 bits per heavy atom. The highest BCUT2D eigenvalue weighted by atomic mass is 16.1. The van der Waals surface area contributed by atoms with E-state index in [-0.39, 0.29) is 11.8 Å². The van der Waals surface area contributed by atoms with Gasteiger partial charge in [0.15, 0.2) is 0 Å². The van der Waals surface area contributed by atoms with Crippen molar-refractivity contribution in [2.45, 2.75) is 25.7 Å². The van der Waals surface area contributed by atoms with Crippen LogP contribution in [0.5, 0.6) is 0 Å². The fourth-order valence-corrected chi connectivity index (χ4v) is 1.51. The van der Waals surface area contributed by atoms with Crippen LogP contribution in [0.15, 0.2) is 12.7 Å². The van der Waals surface area contributed by atoms with Gasteiger partial charge in [0, 0.05) is 12.5 Å². The van der Waals surface area contributed by atoms with Gasteiger partial charge in [0.05, 0.1) is 0 Å². The molecule has 62 valence electrons. The van der Waals surface area contributed by atoms with Gasteiger partial charge in [-0.1, -0.05) is 18.9 Å². The summed E-state index contributed by atoms with van der Waals surface area (Å²) in [6.45, 7) is 4.15. The molecule has 1 aliphatic carbocycles. The van der Waals surface area contributed by atoms with Gasteiger partial charge in [-0.05, 0) is 12.8 Å². The maximum Gasteiger partial charge on any atom is 0.223 e. The third-order valence-corrected chi connectivity index (χ3v) is 2.15. The first-order valence-electron chi connectivity index (χ1n) is 4.23. The van der Waals surface area contributed by atoms with Crippen molar-refractivity contribution in [3.8, 4) is 0 Å². The van der Waals surface area contributed by atoms with Gasteiger partial charge in [0.2, 0.25) is 5.91 Å². The Morgan fingerprint density at radius 2 is 2.18 bits per heavy atom. The zero-order valence-electron chi connectivity index (χ0n) is 6.81. The highest BCUT2D eigenvalue weighted by Crippen LogP contribution is 2.24. The maximum atomic E-state index is 11.2. The smallest absolute Gasteiger partial charge is 0.223 e. The lowest BCUT2D eigenvalue weighted by atomic mass is 10.1. The minimum atomic E-state index is 0.211. The largest absolute Gasteiger partial charge is 0.352 e.